The van der Waals surface area contributed by atoms with E-state index < -0.39 is 0 Å². The van der Waals surface area contributed by atoms with Gasteiger partial charge in [0.1, 0.15) is 0 Å². The van der Waals surface area contributed by atoms with Gasteiger partial charge in [-0.3, -0.25) is 0 Å². The van der Waals surface area contributed by atoms with Gasteiger partial charge in [0, 0.05) is 0 Å². The van der Waals surface area contributed by atoms with Crippen LogP contribution in [-0.4, -0.2) is 0 Å². The predicted molar refractivity (Wildman–Crippen MR) is 57.4 cm³/mol. The zero-order chi connectivity index (χ0) is 9.85. The van der Waals surface area contributed by atoms with Crippen molar-refractivity contribution in [3.63, 3.8) is 0 Å². The first-order valence-corrected chi connectivity index (χ1v) is 5.31. The first-order chi connectivity index (χ1) is 5.95. The van der Waals surface area contributed by atoms with Crippen LogP contribution in [0, 0.1) is 22.7 Å². The van der Waals surface area contributed by atoms with Crippen LogP contribution in [0.25, 0.3) is 0 Å². The standard InChI is InChI=1S/C13H20/c1-6-10-7-13(9(2)3)8-11(13)12(10,4)5/h6-7,9,11H,1,8H2,2-5H3/t11-,13-/m1/s1. The lowest BCUT2D eigenvalue weighted by atomic mass is 9.81. The second-order valence-electron chi connectivity index (χ2n) is 5.55. The second-order valence-corrected chi connectivity index (χ2v) is 5.55. The van der Waals surface area contributed by atoms with Crippen molar-refractivity contribution in [2.24, 2.45) is 22.7 Å². The minimum atomic E-state index is 0.381. The summed E-state index contributed by atoms with van der Waals surface area (Å²) in [5.74, 6) is 1.67. The monoisotopic (exact) mass is 176 g/mol. The SMILES string of the molecule is C=CC1=C[C@]2(C(C)C)C[C@@H]2C1(C)C. The number of fused-ring (bicyclic) bond motifs is 1. The number of hydrogen-bond acceptors (Lipinski definition) is 0. The fourth-order valence-corrected chi connectivity index (χ4v) is 3.18. The number of allylic oxidation sites excluding steroid dienone is 3. The highest BCUT2D eigenvalue weighted by Crippen LogP contribution is 2.72. The third-order valence-electron chi connectivity index (χ3n) is 4.38. The molecule has 0 unspecified atom stereocenters. The smallest absolute Gasteiger partial charge is 0.00491 e. The lowest BCUT2D eigenvalue weighted by Gasteiger charge is -2.22. The molecule has 2 atom stereocenters. The van der Waals surface area contributed by atoms with Crippen LogP contribution in [0.5, 0.6) is 0 Å². The summed E-state index contributed by atoms with van der Waals surface area (Å²) in [5, 5.41) is 0. The largest absolute Gasteiger partial charge is 0.0988 e. The molecule has 0 aromatic rings. The Bertz CT molecular complexity index is 280. The van der Waals surface area contributed by atoms with Crippen molar-refractivity contribution < 1.29 is 0 Å². The van der Waals surface area contributed by atoms with Gasteiger partial charge in [-0.05, 0) is 34.7 Å². The lowest BCUT2D eigenvalue weighted by molar-refractivity contribution is 0.329. The van der Waals surface area contributed by atoms with Crippen LogP contribution in [0.1, 0.15) is 34.1 Å². The van der Waals surface area contributed by atoms with E-state index in [4.69, 9.17) is 0 Å². The molecule has 0 nitrogen and oxygen atoms in total. The van der Waals surface area contributed by atoms with Gasteiger partial charge in [-0.2, -0.15) is 0 Å². The summed E-state index contributed by atoms with van der Waals surface area (Å²) < 4.78 is 0. The Hall–Kier alpha value is -0.520. The maximum Gasteiger partial charge on any atom is -0.00491 e. The third kappa shape index (κ3) is 0.920. The van der Waals surface area contributed by atoms with E-state index in [0.29, 0.717) is 10.8 Å². The van der Waals surface area contributed by atoms with Crippen LogP contribution in [-0.2, 0) is 0 Å². The fraction of sp³-hybridized carbons (Fsp3) is 0.692. The van der Waals surface area contributed by atoms with Crippen LogP contribution >= 0.6 is 0 Å². The molecule has 0 N–H and O–H groups in total. The maximum atomic E-state index is 3.92. The minimum absolute atomic E-state index is 0.381. The normalized spacial score (nSPS) is 40.1. The molecule has 1 fully saturated rings. The van der Waals surface area contributed by atoms with E-state index in [1.807, 2.05) is 0 Å². The highest BCUT2D eigenvalue weighted by molar-refractivity contribution is 5.41. The summed E-state index contributed by atoms with van der Waals surface area (Å²) in [5.41, 5.74) is 2.39. The average molecular weight is 176 g/mol. The van der Waals surface area contributed by atoms with Crippen molar-refractivity contribution in [1.82, 2.24) is 0 Å². The Morgan fingerprint density at radius 1 is 1.54 bits per heavy atom. The highest BCUT2D eigenvalue weighted by Gasteiger charge is 2.64. The van der Waals surface area contributed by atoms with Gasteiger partial charge < -0.3 is 0 Å². The summed E-state index contributed by atoms with van der Waals surface area (Å²) in [6, 6.07) is 0. The Balaban J connectivity index is 2.37. The van der Waals surface area contributed by atoms with Crippen LogP contribution in [0.15, 0.2) is 24.3 Å². The van der Waals surface area contributed by atoms with E-state index in [9.17, 15) is 0 Å². The van der Waals surface area contributed by atoms with Crippen molar-refractivity contribution in [2.45, 2.75) is 34.1 Å². The molecule has 0 saturated heterocycles. The molecular formula is C13H20. The van der Waals surface area contributed by atoms with E-state index >= 15 is 0 Å². The van der Waals surface area contributed by atoms with Crippen LogP contribution in [0.4, 0.5) is 0 Å². The van der Waals surface area contributed by atoms with Gasteiger partial charge >= 0.3 is 0 Å². The molecule has 0 aromatic heterocycles. The van der Waals surface area contributed by atoms with Gasteiger partial charge in [0.2, 0.25) is 0 Å². The molecule has 13 heavy (non-hydrogen) atoms. The molecular weight excluding hydrogens is 156 g/mol. The molecule has 72 valence electrons. The van der Waals surface area contributed by atoms with Crippen molar-refractivity contribution in [1.29, 1.82) is 0 Å². The van der Waals surface area contributed by atoms with Crippen molar-refractivity contribution in [3.8, 4) is 0 Å². The molecule has 2 rings (SSSR count). The summed E-state index contributed by atoms with van der Waals surface area (Å²) in [7, 11) is 0. The quantitative estimate of drug-likeness (QED) is 0.600. The molecule has 0 radical (unpaired) electrons. The van der Waals surface area contributed by atoms with E-state index in [1.165, 1.54) is 12.0 Å². The number of hydrogen-bond donors (Lipinski definition) is 0. The Morgan fingerprint density at radius 3 is 2.46 bits per heavy atom. The van der Waals surface area contributed by atoms with Crippen LogP contribution in [0.3, 0.4) is 0 Å². The van der Waals surface area contributed by atoms with Gasteiger partial charge in [0.25, 0.3) is 0 Å². The Morgan fingerprint density at radius 2 is 2.15 bits per heavy atom. The topological polar surface area (TPSA) is 0 Å². The summed E-state index contributed by atoms with van der Waals surface area (Å²) in [6.07, 6.45) is 5.95. The van der Waals surface area contributed by atoms with Gasteiger partial charge in [0.05, 0.1) is 0 Å². The summed E-state index contributed by atoms with van der Waals surface area (Å²) in [4.78, 5) is 0. The van der Waals surface area contributed by atoms with Crippen LogP contribution < -0.4 is 0 Å². The van der Waals surface area contributed by atoms with Gasteiger partial charge in [-0.15, -0.1) is 0 Å². The molecule has 2 aliphatic carbocycles. The van der Waals surface area contributed by atoms with E-state index in [2.05, 4.69) is 46.4 Å². The van der Waals surface area contributed by atoms with Gasteiger partial charge in [0.15, 0.2) is 0 Å². The minimum Gasteiger partial charge on any atom is -0.0988 e. The number of rotatable bonds is 2. The molecule has 0 heteroatoms. The summed E-state index contributed by atoms with van der Waals surface area (Å²) >= 11 is 0. The summed E-state index contributed by atoms with van der Waals surface area (Å²) in [6.45, 7) is 13.3. The molecule has 1 saturated carbocycles. The maximum absolute atomic E-state index is 3.92. The molecule has 0 aromatic carbocycles. The molecule has 0 spiro atoms. The molecule has 0 aliphatic heterocycles. The molecule has 2 aliphatic rings. The predicted octanol–water partition coefficient (Wildman–Crippen LogP) is 3.80. The average Bonchev–Trinajstić information content (AvgIpc) is 2.71. The Kier molecular flexibility index (Phi) is 1.59. The van der Waals surface area contributed by atoms with Gasteiger partial charge in [-0.25, -0.2) is 0 Å². The van der Waals surface area contributed by atoms with Crippen molar-refractivity contribution in [3.05, 3.63) is 24.3 Å². The van der Waals surface area contributed by atoms with E-state index in [0.717, 1.165) is 11.8 Å². The van der Waals surface area contributed by atoms with E-state index in [1.54, 1.807) is 0 Å². The second kappa shape index (κ2) is 2.29. The first-order valence-electron chi connectivity index (χ1n) is 5.31. The molecule has 0 amide bonds. The fourth-order valence-electron chi connectivity index (χ4n) is 3.18. The van der Waals surface area contributed by atoms with Crippen LogP contribution in [0.2, 0.25) is 0 Å². The zero-order valence-corrected chi connectivity index (χ0v) is 9.22. The molecule has 0 heterocycles. The van der Waals surface area contributed by atoms with Crippen molar-refractivity contribution in [2.75, 3.05) is 0 Å². The first kappa shape index (κ1) is 9.05. The van der Waals surface area contributed by atoms with Crippen molar-refractivity contribution >= 4 is 0 Å². The molecule has 0 bridgehead atoms. The van der Waals surface area contributed by atoms with Gasteiger partial charge in [-0.1, -0.05) is 46.4 Å². The third-order valence-corrected chi connectivity index (χ3v) is 4.38. The highest BCUT2D eigenvalue weighted by atomic mass is 14.7. The van der Waals surface area contributed by atoms with E-state index in [-0.39, 0.29) is 0 Å². The Labute approximate surface area is 81.7 Å². The lowest BCUT2D eigenvalue weighted by Crippen LogP contribution is -2.15. The zero-order valence-electron chi connectivity index (χ0n) is 9.22.